The zero-order valence-electron chi connectivity index (χ0n) is 14.3. The third-order valence-electron chi connectivity index (χ3n) is 3.72. The number of piperazine rings is 1. The monoisotopic (exact) mass is 508 g/mol. The molecule has 1 fully saturated rings. The number of rotatable bonds is 1. The maximum Gasteiger partial charge on any atom is 0.410 e. The molecule has 2 amide bonds. The van der Waals surface area contributed by atoms with E-state index in [1.807, 2.05) is 50.8 Å². The van der Waals surface area contributed by atoms with Gasteiger partial charge >= 0.3 is 6.09 Å². The van der Waals surface area contributed by atoms with Gasteiger partial charge in [0.05, 0.1) is 5.56 Å². The minimum Gasteiger partial charge on any atom is -0.444 e. The number of hydrogen-bond donors (Lipinski definition) is 0. The first-order valence-electron chi connectivity index (χ1n) is 7.83. The van der Waals surface area contributed by atoms with Gasteiger partial charge in [-0.1, -0.05) is 6.07 Å². The second-order valence-corrected chi connectivity index (χ2v) is 8.83. The Morgan fingerprint density at radius 1 is 1.29 bits per heavy atom. The van der Waals surface area contributed by atoms with Crippen LogP contribution in [0.5, 0.6) is 0 Å². The van der Waals surface area contributed by atoms with Crippen molar-refractivity contribution in [2.24, 2.45) is 0 Å². The molecule has 0 radical (unpaired) electrons. The standard InChI is InChI=1S/C17H22BrIN2O3/c1-11-10-20(16(23)24-17(2,3)4)8-9-21(11)15(22)12-6-5-7-13(19)14(12)18/h5-7,11H,8-10H2,1-4H3. The number of amides is 2. The first-order chi connectivity index (χ1) is 11.1. The predicted octanol–water partition coefficient (Wildman–Crippen LogP) is 4.14. The molecule has 1 atom stereocenters. The van der Waals surface area contributed by atoms with Crippen molar-refractivity contribution >= 4 is 50.5 Å². The fraction of sp³-hybridized carbons (Fsp3) is 0.529. The van der Waals surface area contributed by atoms with Crippen molar-refractivity contribution in [1.82, 2.24) is 9.80 Å². The highest BCUT2D eigenvalue weighted by Gasteiger charge is 2.33. The molecule has 0 N–H and O–H groups in total. The van der Waals surface area contributed by atoms with E-state index >= 15 is 0 Å². The summed E-state index contributed by atoms with van der Waals surface area (Å²) in [5, 5.41) is 0. The van der Waals surface area contributed by atoms with E-state index in [1.54, 1.807) is 4.90 Å². The summed E-state index contributed by atoms with van der Waals surface area (Å²) in [6.07, 6.45) is -0.322. The summed E-state index contributed by atoms with van der Waals surface area (Å²) >= 11 is 5.69. The van der Waals surface area contributed by atoms with Gasteiger partial charge in [-0.15, -0.1) is 0 Å². The smallest absolute Gasteiger partial charge is 0.410 e. The van der Waals surface area contributed by atoms with Crippen molar-refractivity contribution in [3.05, 3.63) is 31.8 Å². The summed E-state index contributed by atoms with van der Waals surface area (Å²) in [5.41, 5.74) is 0.137. The number of benzene rings is 1. The Morgan fingerprint density at radius 2 is 1.96 bits per heavy atom. The third-order valence-corrected chi connectivity index (χ3v) is 6.22. The molecule has 1 heterocycles. The second-order valence-electron chi connectivity index (χ2n) is 6.88. The van der Waals surface area contributed by atoms with E-state index in [0.717, 1.165) is 8.04 Å². The maximum absolute atomic E-state index is 12.8. The summed E-state index contributed by atoms with van der Waals surface area (Å²) in [6.45, 7) is 8.95. The molecule has 0 aliphatic carbocycles. The number of carbonyl (C=O) groups is 2. The van der Waals surface area contributed by atoms with Crippen LogP contribution in [0.3, 0.4) is 0 Å². The zero-order valence-corrected chi connectivity index (χ0v) is 18.0. The van der Waals surface area contributed by atoms with Gasteiger partial charge in [0.25, 0.3) is 5.91 Å². The van der Waals surface area contributed by atoms with Gasteiger partial charge in [0, 0.05) is 33.7 Å². The highest BCUT2D eigenvalue weighted by molar-refractivity contribution is 14.1. The van der Waals surface area contributed by atoms with Gasteiger partial charge in [0.2, 0.25) is 0 Å². The number of nitrogens with zero attached hydrogens (tertiary/aromatic N) is 2. The van der Waals surface area contributed by atoms with E-state index in [4.69, 9.17) is 4.74 Å². The van der Waals surface area contributed by atoms with Crippen LogP contribution in [0.15, 0.2) is 22.7 Å². The molecule has 5 nitrogen and oxygen atoms in total. The number of ether oxygens (including phenoxy) is 1. The van der Waals surface area contributed by atoms with Gasteiger partial charge < -0.3 is 14.5 Å². The molecule has 0 aromatic heterocycles. The molecular formula is C17H22BrIN2O3. The van der Waals surface area contributed by atoms with Gasteiger partial charge in [-0.05, 0) is 78.3 Å². The number of carbonyl (C=O) groups excluding carboxylic acids is 2. The van der Waals surface area contributed by atoms with E-state index in [1.165, 1.54) is 0 Å². The van der Waals surface area contributed by atoms with Gasteiger partial charge in [0.1, 0.15) is 5.60 Å². The molecule has 1 aliphatic rings. The fourth-order valence-electron chi connectivity index (χ4n) is 2.58. The first kappa shape index (κ1) is 19.5. The van der Waals surface area contributed by atoms with Crippen LogP contribution >= 0.6 is 38.5 Å². The van der Waals surface area contributed by atoms with Gasteiger partial charge in [-0.2, -0.15) is 0 Å². The molecule has 1 saturated heterocycles. The fourth-order valence-corrected chi connectivity index (χ4v) is 3.51. The van der Waals surface area contributed by atoms with Crippen molar-refractivity contribution in [3.8, 4) is 0 Å². The molecule has 132 valence electrons. The molecule has 1 aromatic carbocycles. The van der Waals surface area contributed by atoms with E-state index in [9.17, 15) is 9.59 Å². The normalized spacial score (nSPS) is 18.5. The van der Waals surface area contributed by atoms with Crippen LogP contribution in [0.4, 0.5) is 4.79 Å². The average molecular weight is 509 g/mol. The minimum atomic E-state index is -0.515. The summed E-state index contributed by atoms with van der Waals surface area (Å²) in [6, 6.07) is 5.58. The molecule has 1 aliphatic heterocycles. The van der Waals surface area contributed by atoms with Gasteiger partial charge in [-0.3, -0.25) is 4.79 Å². The Labute approximate surface area is 165 Å². The SMILES string of the molecule is CC1CN(C(=O)OC(C)(C)C)CCN1C(=O)c1cccc(I)c1Br. The van der Waals surface area contributed by atoms with Crippen molar-refractivity contribution < 1.29 is 14.3 Å². The van der Waals surface area contributed by atoms with Crippen molar-refractivity contribution in [3.63, 3.8) is 0 Å². The molecule has 1 aromatic rings. The van der Waals surface area contributed by atoms with Crippen LogP contribution in [0.25, 0.3) is 0 Å². The van der Waals surface area contributed by atoms with Gasteiger partial charge in [0.15, 0.2) is 0 Å². The van der Waals surface area contributed by atoms with Crippen molar-refractivity contribution in [1.29, 1.82) is 0 Å². The molecule has 0 spiro atoms. The number of hydrogen-bond acceptors (Lipinski definition) is 3. The Kier molecular flexibility index (Phi) is 6.17. The quantitative estimate of drug-likeness (QED) is 0.536. The van der Waals surface area contributed by atoms with Crippen LogP contribution in [0.1, 0.15) is 38.1 Å². The maximum atomic E-state index is 12.8. The summed E-state index contributed by atoms with van der Waals surface area (Å²) in [4.78, 5) is 28.5. The first-order valence-corrected chi connectivity index (χ1v) is 9.70. The van der Waals surface area contributed by atoms with Crippen molar-refractivity contribution in [2.75, 3.05) is 19.6 Å². The lowest BCUT2D eigenvalue weighted by molar-refractivity contribution is 0.00615. The lowest BCUT2D eigenvalue weighted by atomic mass is 10.1. The van der Waals surface area contributed by atoms with E-state index in [-0.39, 0.29) is 18.0 Å². The summed E-state index contributed by atoms with van der Waals surface area (Å²) in [7, 11) is 0. The second kappa shape index (κ2) is 7.59. The Bertz CT molecular complexity index is 645. The lowest BCUT2D eigenvalue weighted by Gasteiger charge is -2.40. The molecule has 0 bridgehead atoms. The van der Waals surface area contributed by atoms with Crippen LogP contribution in [-0.4, -0.2) is 53.1 Å². The van der Waals surface area contributed by atoms with Crippen LogP contribution < -0.4 is 0 Å². The Balaban J connectivity index is 2.07. The molecule has 7 heteroatoms. The molecule has 2 rings (SSSR count). The van der Waals surface area contributed by atoms with E-state index in [0.29, 0.717) is 25.2 Å². The Hall–Kier alpha value is -0.830. The average Bonchev–Trinajstić information content (AvgIpc) is 2.47. The third kappa shape index (κ3) is 4.62. The van der Waals surface area contributed by atoms with Crippen LogP contribution in [0.2, 0.25) is 0 Å². The van der Waals surface area contributed by atoms with E-state index < -0.39 is 5.60 Å². The van der Waals surface area contributed by atoms with Crippen molar-refractivity contribution in [2.45, 2.75) is 39.3 Å². The summed E-state index contributed by atoms with van der Waals surface area (Å²) < 4.78 is 7.23. The molecular weight excluding hydrogens is 487 g/mol. The predicted molar refractivity (Wildman–Crippen MR) is 105 cm³/mol. The largest absolute Gasteiger partial charge is 0.444 e. The molecule has 24 heavy (non-hydrogen) atoms. The highest BCUT2D eigenvalue weighted by atomic mass is 127. The molecule has 1 unspecified atom stereocenters. The van der Waals surface area contributed by atoms with Crippen LogP contribution in [-0.2, 0) is 4.74 Å². The minimum absolute atomic E-state index is 0.0169. The van der Waals surface area contributed by atoms with Crippen LogP contribution in [0, 0.1) is 3.57 Å². The van der Waals surface area contributed by atoms with E-state index in [2.05, 4.69) is 38.5 Å². The topological polar surface area (TPSA) is 49.9 Å². The zero-order chi connectivity index (χ0) is 18.1. The summed E-state index contributed by atoms with van der Waals surface area (Å²) in [5.74, 6) is -0.0169. The molecule has 0 saturated carbocycles. The van der Waals surface area contributed by atoms with Gasteiger partial charge in [-0.25, -0.2) is 4.79 Å². The number of halogens is 2. The highest BCUT2D eigenvalue weighted by Crippen LogP contribution is 2.26. The lowest BCUT2D eigenvalue weighted by Crippen LogP contribution is -2.56. The Morgan fingerprint density at radius 3 is 2.54 bits per heavy atom.